The number of nitrogens with zero attached hydrogens (tertiary/aromatic N) is 3. The van der Waals surface area contributed by atoms with Crippen molar-refractivity contribution in [1.82, 2.24) is 14.3 Å². The maximum Gasteiger partial charge on any atom is 0.246 e. The van der Waals surface area contributed by atoms with Gasteiger partial charge in [-0.05, 0) is 41.6 Å². The van der Waals surface area contributed by atoms with Crippen molar-refractivity contribution in [2.75, 3.05) is 6.54 Å². The van der Waals surface area contributed by atoms with Crippen LogP contribution in [0.1, 0.15) is 16.1 Å². The number of thiophene rings is 1. The smallest absolute Gasteiger partial charge is 0.246 e. The molecule has 3 aromatic heterocycles. The fourth-order valence-corrected chi connectivity index (χ4v) is 3.96. The molecule has 1 amide bonds. The van der Waals surface area contributed by atoms with E-state index < -0.39 is 0 Å². The molecule has 0 bridgehead atoms. The fourth-order valence-electron chi connectivity index (χ4n) is 2.83. The summed E-state index contributed by atoms with van der Waals surface area (Å²) in [4.78, 5) is 20.0. The SMILES string of the molecule is O=C(/C=C/c1c(Cl)nc2ccccn12)N1CCc2sccc2C1. The minimum atomic E-state index is 0.00352. The van der Waals surface area contributed by atoms with Crippen LogP contribution in [-0.2, 0) is 17.8 Å². The van der Waals surface area contributed by atoms with Crippen LogP contribution in [0.25, 0.3) is 11.7 Å². The fraction of sp³-hybridized carbons (Fsp3) is 0.176. The summed E-state index contributed by atoms with van der Waals surface area (Å²) in [7, 11) is 0. The molecule has 4 rings (SSSR count). The van der Waals surface area contributed by atoms with E-state index in [0.29, 0.717) is 11.7 Å². The Morgan fingerprint density at radius 1 is 1.35 bits per heavy atom. The van der Waals surface area contributed by atoms with Gasteiger partial charge in [-0.25, -0.2) is 4.98 Å². The largest absolute Gasteiger partial charge is 0.334 e. The van der Waals surface area contributed by atoms with E-state index in [1.165, 1.54) is 10.4 Å². The van der Waals surface area contributed by atoms with Crippen molar-refractivity contribution in [1.29, 1.82) is 0 Å². The van der Waals surface area contributed by atoms with Crippen LogP contribution in [0.3, 0.4) is 0 Å². The van der Waals surface area contributed by atoms with Gasteiger partial charge >= 0.3 is 0 Å². The average Bonchev–Trinajstić information content (AvgIpc) is 3.15. The summed E-state index contributed by atoms with van der Waals surface area (Å²) in [5.74, 6) is 0.00352. The molecule has 0 unspecified atom stereocenters. The zero-order valence-corrected chi connectivity index (χ0v) is 13.8. The summed E-state index contributed by atoms with van der Waals surface area (Å²) in [6.07, 6.45) is 6.15. The lowest BCUT2D eigenvalue weighted by Gasteiger charge is -2.25. The highest BCUT2D eigenvalue weighted by atomic mass is 35.5. The summed E-state index contributed by atoms with van der Waals surface area (Å²) in [6.45, 7) is 1.44. The van der Waals surface area contributed by atoms with E-state index in [2.05, 4.69) is 16.4 Å². The quantitative estimate of drug-likeness (QED) is 0.666. The number of carbonyl (C=O) groups is 1. The lowest BCUT2D eigenvalue weighted by Crippen LogP contribution is -2.34. The Morgan fingerprint density at radius 2 is 2.26 bits per heavy atom. The van der Waals surface area contributed by atoms with E-state index in [-0.39, 0.29) is 5.91 Å². The van der Waals surface area contributed by atoms with Crippen LogP contribution in [0.4, 0.5) is 0 Å². The molecule has 0 aromatic carbocycles. The number of pyridine rings is 1. The first kappa shape index (κ1) is 14.5. The van der Waals surface area contributed by atoms with Gasteiger partial charge in [0.05, 0.1) is 5.69 Å². The third kappa shape index (κ3) is 2.66. The molecular formula is C17H14ClN3OS. The molecule has 1 aliphatic heterocycles. The summed E-state index contributed by atoms with van der Waals surface area (Å²) < 4.78 is 1.87. The Bertz CT molecular complexity index is 912. The first-order chi connectivity index (χ1) is 11.2. The predicted molar refractivity (Wildman–Crippen MR) is 92.7 cm³/mol. The van der Waals surface area contributed by atoms with Crippen LogP contribution in [0.15, 0.2) is 41.9 Å². The van der Waals surface area contributed by atoms with Crippen LogP contribution in [0.5, 0.6) is 0 Å². The standard InChI is InChI=1S/C17H14ClN3OS/c18-17-13(21-8-2-1-3-15(21)19-17)4-5-16(22)20-9-6-14-12(11-20)7-10-23-14/h1-5,7-8,10H,6,9,11H2/b5-4+. The third-order valence-electron chi connectivity index (χ3n) is 4.03. The summed E-state index contributed by atoms with van der Waals surface area (Å²) in [5.41, 5.74) is 2.75. The van der Waals surface area contributed by atoms with Crippen molar-refractivity contribution in [2.24, 2.45) is 0 Å². The molecule has 0 saturated heterocycles. The average molecular weight is 344 g/mol. The van der Waals surface area contributed by atoms with Gasteiger partial charge in [-0.15, -0.1) is 11.3 Å². The Labute approximate surface area is 142 Å². The van der Waals surface area contributed by atoms with Gasteiger partial charge in [0.15, 0.2) is 5.15 Å². The number of amides is 1. The van der Waals surface area contributed by atoms with E-state index in [9.17, 15) is 4.79 Å². The summed E-state index contributed by atoms with van der Waals surface area (Å²) >= 11 is 7.95. The lowest BCUT2D eigenvalue weighted by molar-refractivity contribution is -0.126. The highest BCUT2D eigenvalue weighted by molar-refractivity contribution is 7.10. The molecule has 116 valence electrons. The van der Waals surface area contributed by atoms with Gasteiger partial charge in [0.2, 0.25) is 5.91 Å². The van der Waals surface area contributed by atoms with E-state index in [4.69, 9.17) is 11.6 Å². The van der Waals surface area contributed by atoms with Gasteiger partial charge in [-0.3, -0.25) is 9.20 Å². The van der Waals surface area contributed by atoms with Gasteiger partial charge < -0.3 is 4.90 Å². The zero-order valence-electron chi connectivity index (χ0n) is 12.3. The van der Waals surface area contributed by atoms with Crippen molar-refractivity contribution >= 4 is 40.6 Å². The molecule has 1 aliphatic rings. The Morgan fingerprint density at radius 3 is 3.17 bits per heavy atom. The number of imidazole rings is 1. The first-order valence-electron chi connectivity index (χ1n) is 7.37. The number of hydrogen-bond acceptors (Lipinski definition) is 3. The Kier molecular flexibility index (Phi) is 3.67. The zero-order chi connectivity index (χ0) is 15.8. The van der Waals surface area contributed by atoms with Crippen molar-refractivity contribution in [3.8, 4) is 0 Å². The van der Waals surface area contributed by atoms with Crippen molar-refractivity contribution in [3.05, 3.63) is 63.2 Å². The molecule has 0 saturated carbocycles. The van der Waals surface area contributed by atoms with Gasteiger partial charge in [0.25, 0.3) is 0 Å². The molecule has 0 radical (unpaired) electrons. The van der Waals surface area contributed by atoms with Crippen LogP contribution in [0.2, 0.25) is 5.15 Å². The molecule has 3 aromatic rings. The number of halogens is 1. The first-order valence-corrected chi connectivity index (χ1v) is 8.63. The van der Waals surface area contributed by atoms with Gasteiger partial charge in [-0.2, -0.15) is 0 Å². The van der Waals surface area contributed by atoms with Crippen LogP contribution in [0, 0.1) is 0 Å². The molecule has 4 heterocycles. The monoisotopic (exact) mass is 343 g/mol. The number of carbonyl (C=O) groups excluding carboxylic acids is 1. The maximum atomic E-state index is 12.4. The third-order valence-corrected chi connectivity index (χ3v) is 5.33. The summed E-state index contributed by atoms with van der Waals surface area (Å²) in [6, 6.07) is 7.80. The molecule has 23 heavy (non-hydrogen) atoms. The topological polar surface area (TPSA) is 37.6 Å². The number of rotatable bonds is 2. The van der Waals surface area contributed by atoms with E-state index in [0.717, 1.165) is 24.3 Å². The molecule has 0 spiro atoms. The molecular weight excluding hydrogens is 330 g/mol. The number of fused-ring (bicyclic) bond motifs is 2. The van der Waals surface area contributed by atoms with E-state index >= 15 is 0 Å². The van der Waals surface area contributed by atoms with Gasteiger partial charge in [0.1, 0.15) is 5.65 Å². The minimum Gasteiger partial charge on any atom is -0.334 e. The second-order valence-electron chi connectivity index (χ2n) is 5.43. The normalized spacial score (nSPS) is 14.6. The van der Waals surface area contributed by atoms with Crippen LogP contribution < -0.4 is 0 Å². The van der Waals surface area contributed by atoms with Crippen LogP contribution >= 0.6 is 22.9 Å². The maximum absolute atomic E-state index is 12.4. The Hall–Kier alpha value is -2.11. The highest BCUT2D eigenvalue weighted by Gasteiger charge is 2.20. The highest BCUT2D eigenvalue weighted by Crippen LogP contribution is 2.24. The van der Waals surface area contributed by atoms with Gasteiger partial charge in [-0.1, -0.05) is 17.7 Å². The van der Waals surface area contributed by atoms with Gasteiger partial charge in [0, 0.05) is 30.2 Å². The molecule has 0 N–H and O–H groups in total. The van der Waals surface area contributed by atoms with E-state index in [1.54, 1.807) is 23.5 Å². The van der Waals surface area contributed by atoms with Crippen molar-refractivity contribution in [2.45, 2.75) is 13.0 Å². The molecule has 0 atom stereocenters. The predicted octanol–water partition coefficient (Wildman–Crippen LogP) is 3.65. The van der Waals surface area contributed by atoms with E-state index in [1.807, 2.05) is 33.7 Å². The molecule has 4 nitrogen and oxygen atoms in total. The number of aromatic nitrogens is 2. The Balaban J connectivity index is 1.56. The lowest BCUT2D eigenvalue weighted by atomic mass is 10.1. The number of hydrogen-bond donors (Lipinski definition) is 0. The summed E-state index contributed by atoms with van der Waals surface area (Å²) in [5, 5.41) is 2.49. The minimum absolute atomic E-state index is 0.00352. The molecule has 6 heteroatoms. The van der Waals surface area contributed by atoms with Crippen molar-refractivity contribution in [3.63, 3.8) is 0 Å². The second-order valence-corrected chi connectivity index (χ2v) is 6.79. The molecule has 0 aliphatic carbocycles. The second kappa shape index (κ2) is 5.83. The van der Waals surface area contributed by atoms with Crippen molar-refractivity contribution < 1.29 is 4.79 Å². The van der Waals surface area contributed by atoms with Crippen LogP contribution in [-0.4, -0.2) is 26.7 Å². The molecule has 0 fully saturated rings.